The van der Waals surface area contributed by atoms with Crippen LogP contribution < -0.4 is 15.4 Å². The maximum absolute atomic E-state index is 6.01. The van der Waals surface area contributed by atoms with Crippen molar-refractivity contribution in [3.05, 3.63) is 36.4 Å². The third-order valence-electron chi connectivity index (χ3n) is 3.82. The average Bonchev–Trinajstić information content (AvgIpc) is 2.55. The third-order valence-corrected chi connectivity index (χ3v) is 3.82. The SMILES string of the molecule is COc1ccc(-c2ccc(N3CCCC(N)C3)nn2)cc1. The number of aromatic nitrogens is 2. The predicted molar refractivity (Wildman–Crippen MR) is 83.4 cm³/mol. The Morgan fingerprint density at radius 1 is 1.14 bits per heavy atom. The van der Waals surface area contributed by atoms with Crippen molar-refractivity contribution in [3.8, 4) is 17.0 Å². The largest absolute Gasteiger partial charge is 0.497 e. The number of hydrogen-bond acceptors (Lipinski definition) is 5. The number of nitrogens with zero attached hydrogens (tertiary/aromatic N) is 3. The van der Waals surface area contributed by atoms with Crippen molar-refractivity contribution in [1.29, 1.82) is 0 Å². The minimum absolute atomic E-state index is 0.238. The molecule has 0 amide bonds. The molecule has 1 aliphatic heterocycles. The number of piperidine rings is 1. The zero-order valence-electron chi connectivity index (χ0n) is 12.2. The topological polar surface area (TPSA) is 64.3 Å². The van der Waals surface area contributed by atoms with E-state index in [2.05, 4.69) is 15.1 Å². The Bertz CT molecular complexity index is 582. The van der Waals surface area contributed by atoms with Gasteiger partial charge in [-0.15, -0.1) is 10.2 Å². The Morgan fingerprint density at radius 2 is 1.95 bits per heavy atom. The molecule has 2 N–H and O–H groups in total. The van der Waals surface area contributed by atoms with Gasteiger partial charge in [0.05, 0.1) is 12.8 Å². The number of ether oxygens (including phenoxy) is 1. The monoisotopic (exact) mass is 284 g/mol. The standard InChI is InChI=1S/C16H20N4O/c1-21-14-6-4-12(5-7-14)15-8-9-16(19-18-15)20-10-2-3-13(17)11-20/h4-9,13H,2-3,10-11,17H2,1H3. The maximum atomic E-state index is 6.01. The molecule has 0 bridgehead atoms. The van der Waals surface area contributed by atoms with Crippen molar-refractivity contribution in [2.24, 2.45) is 5.73 Å². The van der Waals surface area contributed by atoms with Gasteiger partial charge in [0.1, 0.15) is 5.75 Å². The second-order valence-electron chi connectivity index (χ2n) is 5.35. The van der Waals surface area contributed by atoms with Crippen molar-refractivity contribution in [2.45, 2.75) is 18.9 Å². The Hall–Kier alpha value is -2.14. The Labute approximate surface area is 124 Å². The third kappa shape index (κ3) is 3.13. The van der Waals surface area contributed by atoms with Crippen molar-refractivity contribution in [3.63, 3.8) is 0 Å². The first-order valence-electron chi connectivity index (χ1n) is 7.25. The fourth-order valence-corrected chi connectivity index (χ4v) is 2.63. The van der Waals surface area contributed by atoms with Gasteiger partial charge in [0, 0.05) is 24.7 Å². The molecule has 21 heavy (non-hydrogen) atoms. The minimum atomic E-state index is 0.238. The van der Waals surface area contributed by atoms with E-state index < -0.39 is 0 Å². The van der Waals surface area contributed by atoms with Crippen LogP contribution in [-0.2, 0) is 0 Å². The first-order valence-corrected chi connectivity index (χ1v) is 7.25. The number of benzene rings is 1. The van der Waals surface area contributed by atoms with Crippen LogP contribution in [0.4, 0.5) is 5.82 Å². The van der Waals surface area contributed by atoms with E-state index in [0.29, 0.717) is 0 Å². The summed E-state index contributed by atoms with van der Waals surface area (Å²) in [6.07, 6.45) is 2.21. The lowest BCUT2D eigenvalue weighted by atomic mass is 10.1. The fraction of sp³-hybridized carbons (Fsp3) is 0.375. The van der Waals surface area contributed by atoms with Gasteiger partial charge in [0.15, 0.2) is 5.82 Å². The van der Waals surface area contributed by atoms with Gasteiger partial charge in [-0.1, -0.05) is 0 Å². The summed E-state index contributed by atoms with van der Waals surface area (Å²) in [5.74, 6) is 1.74. The molecule has 1 atom stereocenters. The average molecular weight is 284 g/mol. The van der Waals surface area contributed by atoms with Crippen molar-refractivity contribution >= 4 is 5.82 Å². The van der Waals surface area contributed by atoms with E-state index in [1.54, 1.807) is 7.11 Å². The normalized spacial score (nSPS) is 18.6. The van der Waals surface area contributed by atoms with Crippen LogP contribution in [0.2, 0.25) is 0 Å². The molecule has 0 aliphatic carbocycles. The first-order chi connectivity index (χ1) is 10.3. The van der Waals surface area contributed by atoms with Crippen LogP contribution in [0.3, 0.4) is 0 Å². The van der Waals surface area contributed by atoms with E-state index in [-0.39, 0.29) is 6.04 Å². The molecular weight excluding hydrogens is 264 g/mol. The number of rotatable bonds is 3. The molecule has 5 heteroatoms. The van der Waals surface area contributed by atoms with Crippen molar-refractivity contribution in [2.75, 3.05) is 25.1 Å². The van der Waals surface area contributed by atoms with Gasteiger partial charge in [0.25, 0.3) is 0 Å². The lowest BCUT2D eigenvalue weighted by Crippen LogP contribution is -2.43. The summed E-state index contributed by atoms with van der Waals surface area (Å²) < 4.78 is 5.16. The predicted octanol–water partition coefficient (Wildman–Crippen LogP) is 2.08. The fourth-order valence-electron chi connectivity index (χ4n) is 2.63. The van der Waals surface area contributed by atoms with E-state index in [1.165, 1.54) is 0 Å². The van der Waals surface area contributed by atoms with E-state index in [4.69, 9.17) is 10.5 Å². The molecule has 3 rings (SSSR count). The summed E-state index contributed by atoms with van der Waals surface area (Å²) in [5, 5.41) is 8.68. The molecule has 0 saturated carbocycles. The van der Waals surface area contributed by atoms with Gasteiger partial charge in [-0.3, -0.25) is 0 Å². The number of methoxy groups -OCH3 is 1. The van der Waals surface area contributed by atoms with Crippen LogP contribution in [-0.4, -0.2) is 36.4 Å². The summed E-state index contributed by atoms with van der Waals surface area (Å²) >= 11 is 0. The Balaban J connectivity index is 1.76. The lowest BCUT2D eigenvalue weighted by molar-refractivity contribution is 0.415. The highest BCUT2D eigenvalue weighted by atomic mass is 16.5. The summed E-state index contributed by atoms with van der Waals surface area (Å²) in [5.41, 5.74) is 7.91. The van der Waals surface area contributed by atoms with Crippen LogP contribution in [0.15, 0.2) is 36.4 Å². The summed E-state index contributed by atoms with van der Waals surface area (Å²) in [4.78, 5) is 2.21. The van der Waals surface area contributed by atoms with Crippen LogP contribution in [0.25, 0.3) is 11.3 Å². The Kier molecular flexibility index (Phi) is 4.01. The highest BCUT2D eigenvalue weighted by molar-refractivity contribution is 5.60. The molecule has 110 valence electrons. The van der Waals surface area contributed by atoms with Gasteiger partial charge in [0.2, 0.25) is 0 Å². The molecule has 2 heterocycles. The molecule has 1 fully saturated rings. The summed E-state index contributed by atoms with van der Waals surface area (Å²) in [6.45, 7) is 1.86. The van der Waals surface area contributed by atoms with Crippen LogP contribution in [0, 0.1) is 0 Å². The van der Waals surface area contributed by atoms with Gasteiger partial charge in [-0.2, -0.15) is 0 Å². The van der Waals surface area contributed by atoms with Gasteiger partial charge in [-0.25, -0.2) is 0 Å². The van der Waals surface area contributed by atoms with Gasteiger partial charge < -0.3 is 15.4 Å². The van der Waals surface area contributed by atoms with Crippen molar-refractivity contribution in [1.82, 2.24) is 10.2 Å². The molecule has 1 aromatic carbocycles. The second kappa shape index (κ2) is 6.10. The summed E-state index contributed by atoms with van der Waals surface area (Å²) in [6, 6.07) is 12.1. The number of hydrogen-bond donors (Lipinski definition) is 1. The molecule has 5 nitrogen and oxygen atoms in total. The van der Waals surface area contributed by atoms with E-state index in [1.807, 2.05) is 36.4 Å². The number of nitrogens with two attached hydrogens (primary N) is 1. The Morgan fingerprint density at radius 3 is 2.57 bits per heavy atom. The summed E-state index contributed by atoms with van der Waals surface area (Å²) in [7, 11) is 1.66. The minimum Gasteiger partial charge on any atom is -0.497 e. The molecule has 0 spiro atoms. The smallest absolute Gasteiger partial charge is 0.151 e. The highest BCUT2D eigenvalue weighted by Gasteiger charge is 2.18. The van der Waals surface area contributed by atoms with E-state index in [0.717, 1.165) is 48.8 Å². The van der Waals surface area contributed by atoms with Gasteiger partial charge in [-0.05, 0) is 49.2 Å². The van der Waals surface area contributed by atoms with Crippen LogP contribution in [0.1, 0.15) is 12.8 Å². The lowest BCUT2D eigenvalue weighted by Gasteiger charge is -2.31. The molecule has 2 aromatic rings. The maximum Gasteiger partial charge on any atom is 0.151 e. The molecule has 1 saturated heterocycles. The molecule has 1 aliphatic rings. The molecule has 1 aromatic heterocycles. The molecule has 1 unspecified atom stereocenters. The zero-order chi connectivity index (χ0) is 14.7. The van der Waals surface area contributed by atoms with E-state index >= 15 is 0 Å². The van der Waals surface area contributed by atoms with E-state index in [9.17, 15) is 0 Å². The van der Waals surface area contributed by atoms with Gasteiger partial charge >= 0.3 is 0 Å². The van der Waals surface area contributed by atoms with Crippen LogP contribution >= 0.6 is 0 Å². The van der Waals surface area contributed by atoms with Crippen LogP contribution in [0.5, 0.6) is 5.75 Å². The first kappa shape index (κ1) is 13.8. The van der Waals surface area contributed by atoms with Crippen molar-refractivity contribution < 1.29 is 4.74 Å². The molecular formula is C16H20N4O. The quantitative estimate of drug-likeness (QED) is 0.935. The number of anilines is 1. The molecule has 0 radical (unpaired) electrons. The second-order valence-corrected chi connectivity index (χ2v) is 5.35. The zero-order valence-corrected chi connectivity index (χ0v) is 12.2. The highest BCUT2D eigenvalue weighted by Crippen LogP contribution is 2.22.